The normalized spacial score (nSPS) is 28.0. The van der Waals surface area contributed by atoms with Crippen molar-refractivity contribution < 1.29 is 14.9 Å². The van der Waals surface area contributed by atoms with E-state index in [4.69, 9.17) is 15.6 Å². The van der Waals surface area contributed by atoms with Gasteiger partial charge in [-0.15, -0.1) is 0 Å². The van der Waals surface area contributed by atoms with Gasteiger partial charge in [-0.25, -0.2) is 15.0 Å². The minimum absolute atomic E-state index is 0.237. The second-order valence-electron chi connectivity index (χ2n) is 4.19. The van der Waals surface area contributed by atoms with Crippen LogP contribution in [0.15, 0.2) is 12.5 Å². The molecule has 0 unspecified atom stereocenters. The van der Waals surface area contributed by atoms with Crippen molar-refractivity contribution in [3.05, 3.63) is 12.5 Å². The quantitative estimate of drug-likeness (QED) is 0.629. The van der Waals surface area contributed by atoms with Gasteiger partial charge in [0.25, 0.3) is 0 Å². The van der Waals surface area contributed by atoms with E-state index in [0.717, 1.165) is 0 Å². The highest BCUT2D eigenvalue weighted by Gasteiger charge is 2.36. The standard InChI is InChI=1S/C10H13N5O3/c11-10-14-5-2-12-4-13-9(5)15(10)8-1-6(17)7(3-16)18-8/h2,4,6-8,16-17H,1,3H2,(H2,11,14)/t6-,7+,8+/m1/s1. The Bertz CT molecular complexity index is 572. The molecule has 2 aromatic heterocycles. The number of imidazole rings is 1. The van der Waals surface area contributed by atoms with Crippen molar-refractivity contribution in [1.82, 2.24) is 19.5 Å². The van der Waals surface area contributed by atoms with Gasteiger partial charge < -0.3 is 20.7 Å². The summed E-state index contributed by atoms with van der Waals surface area (Å²) in [5.41, 5.74) is 6.95. The second kappa shape index (κ2) is 4.16. The molecule has 0 saturated carbocycles. The van der Waals surface area contributed by atoms with Crippen molar-refractivity contribution in [3.8, 4) is 0 Å². The molecule has 3 atom stereocenters. The number of ether oxygens (including phenoxy) is 1. The van der Waals surface area contributed by atoms with Gasteiger partial charge >= 0.3 is 0 Å². The smallest absolute Gasteiger partial charge is 0.204 e. The Hall–Kier alpha value is -1.77. The minimum Gasteiger partial charge on any atom is -0.394 e. The van der Waals surface area contributed by atoms with E-state index in [9.17, 15) is 5.11 Å². The summed E-state index contributed by atoms with van der Waals surface area (Å²) in [5, 5.41) is 18.8. The zero-order valence-electron chi connectivity index (χ0n) is 9.47. The first kappa shape index (κ1) is 11.3. The predicted octanol–water partition coefficient (Wildman–Crippen LogP) is -0.951. The maximum atomic E-state index is 9.73. The Labute approximate surface area is 102 Å². The van der Waals surface area contributed by atoms with E-state index < -0.39 is 18.4 Å². The molecule has 8 heteroatoms. The molecule has 18 heavy (non-hydrogen) atoms. The van der Waals surface area contributed by atoms with Crippen molar-refractivity contribution in [2.24, 2.45) is 0 Å². The van der Waals surface area contributed by atoms with Crippen LogP contribution in [0.5, 0.6) is 0 Å². The first-order valence-corrected chi connectivity index (χ1v) is 5.58. The summed E-state index contributed by atoms with van der Waals surface area (Å²) in [6.45, 7) is -0.237. The number of nitrogens with zero attached hydrogens (tertiary/aromatic N) is 4. The van der Waals surface area contributed by atoms with Gasteiger partial charge in [0.05, 0.1) is 18.9 Å². The molecule has 3 rings (SSSR count). The molecule has 1 aliphatic rings. The number of hydrogen-bond donors (Lipinski definition) is 3. The van der Waals surface area contributed by atoms with Crippen LogP contribution in [0.2, 0.25) is 0 Å². The summed E-state index contributed by atoms with van der Waals surface area (Å²) in [7, 11) is 0. The lowest BCUT2D eigenvalue weighted by molar-refractivity contribution is -0.0425. The molecule has 0 radical (unpaired) electrons. The van der Waals surface area contributed by atoms with E-state index in [-0.39, 0.29) is 12.6 Å². The summed E-state index contributed by atoms with van der Waals surface area (Å²) in [6.07, 6.45) is 1.49. The first-order chi connectivity index (χ1) is 8.70. The molecule has 2 aromatic rings. The molecular weight excluding hydrogens is 238 g/mol. The highest BCUT2D eigenvalue weighted by atomic mass is 16.5. The van der Waals surface area contributed by atoms with Crippen LogP contribution in [0.25, 0.3) is 11.2 Å². The second-order valence-corrected chi connectivity index (χ2v) is 4.19. The van der Waals surface area contributed by atoms with Crippen LogP contribution in [-0.2, 0) is 4.74 Å². The van der Waals surface area contributed by atoms with Crippen molar-refractivity contribution >= 4 is 17.1 Å². The Morgan fingerprint density at radius 2 is 2.39 bits per heavy atom. The zero-order chi connectivity index (χ0) is 12.7. The fraction of sp³-hybridized carbons (Fsp3) is 0.500. The van der Waals surface area contributed by atoms with Crippen LogP contribution in [-0.4, -0.2) is 48.5 Å². The van der Waals surface area contributed by atoms with Crippen LogP contribution in [0.4, 0.5) is 5.95 Å². The van der Waals surface area contributed by atoms with Crippen molar-refractivity contribution in [2.45, 2.75) is 24.9 Å². The molecule has 0 spiro atoms. The van der Waals surface area contributed by atoms with Crippen LogP contribution in [0.1, 0.15) is 12.6 Å². The monoisotopic (exact) mass is 251 g/mol. The number of rotatable bonds is 2. The number of anilines is 1. The first-order valence-electron chi connectivity index (χ1n) is 5.58. The van der Waals surface area contributed by atoms with Gasteiger partial charge in [-0.1, -0.05) is 0 Å². The molecular formula is C10H13N5O3. The number of hydrogen-bond acceptors (Lipinski definition) is 7. The van der Waals surface area contributed by atoms with Gasteiger partial charge in [0.2, 0.25) is 5.95 Å². The van der Waals surface area contributed by atoms with Gasteiger partial charge in [-0.3, -0.25) is 4.57 Å². The van der Waals surface area contributed by atoms with E-state index in [2.05, 4.69) is 15.0 Å². The van der Waals surface area contributed by atoms with E-state index in [1.54, 1.807) is 10.8 Å². The molecule has 1 aliphatic heterocycles. The highest BCUT2D eigenvalue weighted by Crippen LogP contribution is 2.32. The van der Waals surface area contributed by atoms with Gasteiger partial charge in [-0.2, -0.15) is 0 Å². The molecule has 1 saturated heterocycles. The number of nitrogen functional groups attached to an aromatic ring is 1. The molecule has 3 heterocycles. The van der Waals surface area contributed by atoms with Crippen LogP contribution in [0.3, 0.4) is 0 Å². The third-order valence-electron chi connectivity index (χ3n) is 3.05. The summed E-state index contributed by atoms with van der Waals surface area (Å²) >= 11 is 0. The molecule has 0 aliphatic carbocycles. The topological polar surface area (TPSA) is 119 Å². The summed E-state index contributed by atoms with van der Waals surface area (Å²) < 4.78 is 7.15. The third kappa shape index (κ3) is 1.62. The maximum Gasteiger partial charge on any atom is 0.204 e. The molecule has 0 bridgehead atoms. The van der Waals surface area contributed by atoms with Crippen molar-refractivity contribution in [2.75, 3.05) is 12.3 Å². The van der Waals surface area contributed by atoms with Gasteiger partial charge in [0.15, 0.2) is 5.65 Å². The van der Waals surface area contributed by atoms with Crippen LogP contribution in [0, 0.1) is 0 Å². The van der Waals surface area contributed by atoms with Gasteiger partial charge in [0, 0.05) is 6.42 Å². The Balaban J connectivity index is 2.02. The highest BCUT2D eigenvalue weighted by molar-refractivity contribution is 5.72. The molecule has 1 fully saturated rings. The number of nitrogens with two attached hydrogens (primary N) is 1. The average molecular weight is 251 g/mol. The molecule has 96 valence electrons. The number of aliphatic hydroxyl groups is 2. The van der Waals surface area contributed by atoms with Gasteiger partial charge in [0.1, 0.15) is 24.2 Å². The summed E-state index contributed by atoms with van der Waals surface area (Å²) in [4.78, 5) is 12.1. The summed E-state index contributed by atoms with van der Waals surface area (Å²) in [5.74, 6) is 0.251. The van der Waals surface area contributed by atoms with Gasteiger partial charge in [-0.05, 0) is 0 Å². The van der Waals surface area contributed by atoms with E-state index in [1.807, 2.05) is 0 Å². The predicted molar refractivity (Wildman–Crippen MR) is 61.4 cm³/mol. The van der Waals surface area contributed by atoms with E-state index >= 15 is 0 Å². The molecule has 8 nitrogen and oxygen atoms in total. The fourth-order valence-corrected chi connectivity index (χ4v) is 2.19. The average Bonchev–Trinajstić information content (AvgIpc) is 2.88. The number of fused-ring (bicyclic) bond motifs is 1. The Kier molecular flexibility index (Phi) is 2.62. The number of aliphatic hydroxyl groups excluding tert-OH is 2. The van der Waals surface area contributed by atoms with Crippen molar-refractivity contribution in [1.29, 1.82) is 0 Å². The molecule has 0 aromatic carbocycles. The summed E-state index contributed by atoms with van der Waals surface area (Å²) in [6, 6.07) is 0. The number of aromatic nitrogens is 4. The lowest BCUT2D eigenvalue weighted by atomic mass is 10.2. The fourth-order valence-electron chi connectivity index (χ4n) is 2.19. The minimum atomic E-state index is -0.723. The Morgan fingerprint density at radius 1 is 1.56 bits per heavy atom. The van der Waals surface area contributed by atoms with Crippen LogP contribution < -0.4 is 5.73 Å². The largest absolute Gasteiger partial charge is 0.394 e. The van der Waals surface area contributed by atoms with Crippen LogP contribution >= 0.6 is 0 Å². The van der Waals surface area contributed by atoms with Crippen molar-refractivity contribution in [3.63, 3.8) is 0 Å². The zero-order valence-corrected chi connectivity index (χ0v) is 9.47. The third-order valence-corrected chi connectivity index (χ3v) is 3.05. The van der Waals surface area contributed by atoms with E-state index in [1.165, 1.54) is 6.33 Å². The lowest BCUT2D eigenvalue weighted by Gasteiger charge is -2.14. The SMILES string of the molecule is Nc1nc2cncnc2n1[C@@H]1C[C@@H](O)[C@H](CO)O1. The molecule has 0 amide bonds. The Morgan fingerprint density at radius 3 is 3.11 bits per heavy atom. The molecule has 4 N–H and O–H groups in total. The lowest BCUT2D eigenvalue weighted by Crippen LogP contribution is -2.24. The van der Waals surface area contributed by atoms with E-state index in [0.29, 0.717) is 17.6 Å². The maximum absolute atomic E-state index is 9.73.